The Bertz CT molecular complexity index is 717. The lowest BCUT2D eigenvalue weighted by atomic mass is 9.97. The van der Waals surface area contributed by atoms with Gasteiger partial charge in [-0.3, -0.25) is 14.3 Å². The Morgan fingerprint density at radius 1 is 1.33 bits per heavy atom. The van der Waals surface area contributed by atoms with Crippen molar-refractivity contribution in [1.82, 2.24) is 4.90 Å². The fraction of sp³-hybridized carbons (Fsp3) is 0.500. The highest BCUT2D eigenvalue weighted by Gasteiger charge is 2.29. The predicted octanol–water partition coefficient (Wildman–Crippen LogP) is 1.78. The summed E-state index contributed by atoms with van der Waals surface area (Å²) in [5, 5.41) is 9.15. The van der Waals surface area contributed by atoms with E-state index in [0.717, 1.165) is 0 Å². The normalized spacial score (nSPS) is 18.2. The molecule has 2 rings (SSSR count). The molecule has 8 heteroatoms. The number of hydrogen-bond donors (Lipinski definition) is 2. The molecule has 24 heavy (non-hydrogen) atoms. The van der Waals surface area contributed by atoms with Crippen LogP contribution in [0.1, 0.15) is 36.5 Å². The number of anilines is 1. The Kier molecular flexibility index (Phi) is 5.82. The molecule has 0 radical (unpaired) electrons. The van der Waals surface area contributed by atoms with Crippen LogP contribution in [0, 0.1) is 5.92 Å². The van der Waals surface area contributed by atoms with Crippen LogP contribution < -0.4 is 4.72 Å². The van der Waals surface area contributed by atoms with Gasteiger partial charge >= 0.3 is 5.97 Å². The van der Waals surface area contributed by atoms with Gasteiger partial charge in [-0.15, -0.1) is 0 Å². The van der Waals surface area contributed by atoms with Crippen molar-refractivity contribution in [3.63, 3.8) is 0 Å². The molecule has 0 aromatic heterocycles. The number of nitrogens with one attached hydrogen (secondary N) is 1. The quantitative estimate of drug-likeness (QED) is 0.810. The second-order valence-electron chi connectivity index (χ2n) is 5.90. The molecule has 1 saturated heterocycles. The lowest BCUT2D eigenvalue weighted by Crippen LogP contribution is -2.42. The molecule has 132 valence electrons. The Labute approximate surface area is 141 Å². The van der Waals surface area contributed by atoms with Gasteiger partial charge in [0.15, 0.2) is 0 Å². The minimum Gasteiger partial charge on any atom is -0.481 e. The first kappa shape index (κ1) is 18.3. The molecule has 1 aromatic rings. The molecule has 1 atom stereocenters. The van der Waals surface area contributed by atoms with E-state index >= 15 is 0 Å². The third-order valence-electron chi connectivity index (χ3n) is 3.95. The van der Waals surface area contributed by atoms with Crippen LogP contribution in [0.3, 0.4) is 0 Å². The number of carbonyl (C=O) groups excluding carboxylic acids is 1. The Morgan fingerprint density at radius 3 is 2.71 bits per heavy atom. The number of para-hydroxylation sites is 1. The van der Waals surface area contributed by atoms with E-state index in [0.29, 0.717) is 25.8 Å². The zero-order valence-corrected chi connectivity index (χ0v) is 14.4. The number of nitrogens with zero attached hydrogens (tertiary/aromatic N) is 1. The third kappa shape index (κ3) is 4.47. The van der Waals surface area contributed by atoms with Gasteiger partial charge in [0.25, 0.3) is 5.91 Å². The number of sulfonamides is 1. The van der Waals surface area contributed by atoms with E-state index in [1.54, 1.807) is 31.2 Å². The maximum Gasteiger partial charge on any atom is 0.308 e. The van der Waals surface area contributed by atoms with Gasteiger partial charge < -0.3 is 10.0 Å². The first-order chi connectivity index (χ1) is 11.3. The van der Waals surface area contributed by atoms with Gasteiger partial charge in [-0.2, -0.15) is 0 Å². The monoisotopic (exact) mass is 354 g/mol. The number of carboxylic acids is 1. The van der Waals surface area contributed by atoms with Crippen LogP contribution >= 0.6 is 0 Å². The molecule has 1 amide bonds. The fourth-order valence-corrected chi connectivity index (χ4v) is 3.93. The van der Waals surface area contributed by atoms with E-state index in [-0.39, 0.29) is 29.5 Å². The highest BCUT2D eigenvalue weighted by molar-refractivity contribution is 7.92. The SMILES string of the molecule is CCCS(=O)(=O)Nc1ccccc1C(=O)N1CCCC(C(=O)O)C1. The molecular weight excluding hydrogens is 332 g/mol. The summed E-state index contributed by atoms with van der Waals surface area (Å²) in [7, 11) is -3.51. The van der Waals surface area contributed by atoms with Crippen molar-refractivity contribution < 1.29 is 23.1 Å². The van der Waals surface area contributed by atoms with Gasteiger partial charge in [-0.1, -0.05) is 19.1 Å². The summed E-state index contributed by atoms with van der Waals surface area (Å²) in [5.74, 6) is -1.87. The maximum absolute atomic E-state index is 12.7. The number of aliphatic carboxylic acids is 1. The van der Waals surface area contributed by atoms with Gasteiger partial charge in [-0.05, 0) is 31.4 Å². The third-order valence-corrected chi connectivity index (χ3v) is 5.43. The molecule has 2 N–H and O–H groups in total. The summed E-state index contributed by atoms with van der Waals surface area (Å²) in [6.45, 7) is 2.37. The molecule has 0 aliphatic carbocycles. The highest BCUT2D eigenvalue weighted by Crippen LogP contribution is 2.23. The van der Waals surface area contributed by atoms with Crippen molar-refractivity contribution in [2.75, 3.05) is 23.6 Å². The van der Waals surface area contributed by atoms with Gasteiger partial charge in [-0.25, -0.2) is 8.42 Å². The molecule has 1 fully saturated rings. The summed E-state index contributed by atoms with van der Waals surface area (Å²) in [5.41, 5.74) is 0.469. The standard InChI is InChI=1S/C16H22N2O5S/c1-2-10-24(22,23)17-14-8-4-3-7-13(14)15(19)18-9-5-6-12(11-18)16(20)21/h3-4,7-8,12,17H,2,5-6,9-11H2,1H3,(H,20,21). The van der Waals surface area contributed by atoms with Crippen molar-refractivity contribution in [3.05, 3.63) is 29.8 Å². The summed E-state index contributed by atoms with van der Waals surface area (Å²) in [4.78, 5) is 25.4. The minimum absolute atomic E-state index is 0.0275. The zero-order chi connectivity index (χ0) is 17.7. The first-order valence-electron chi connectivity index (χ1n) is 7.95. The molecular formula is C16H22N2O5S. The average molecular weight is 354 g/mol. The van der Waals surface area contributed by atoms with Gasteiger partial charge in [0, 0.05) is 13.1 Å². The second kappa shape index (κ2) is 7.65. The van der Waals surface area contributed by atoms with Crippen molar-refractivity contribution in [2.24, 2.45) is 5.92 Å². The van der Waals surface area contributed by atoms with Crippen LogP contribution in [0.2, 0.25) is 0 Å². The maximum atomic E-state index is 12.7. The number of carboxylic acid groups (broad SMARTS) is 1. The Morgan fingerprint density at radius 2 is 2.04 bits per heavy atom. The van der Waals surface area contributed by atoms with Crippen molar-refractivity contribution in [2.45, 2.75) is 26.2 Å². The van der Waals surface area contributed by atoms with Gasteiger partial charge in [0.05, 0.1) is 22.9 Å². The molecule has 1 unspecified atom stereocenters. The second-order valence-corrected chi connectivity index (χ2v) is 7.74. The van der Waals surface area contributed by atoms with E-state index in [1.165, 1.54) is 4.90 Å². The Balaban J connectivity index is 2.22. The van der Waals surface area contributed by atoms with E-state index in [4.69, 9.17) is 5.11 Å². The number of carbonyl (C=O) groups is 2. The molecule has 1 aliphatic rings. The number of amides is 1. The number of piperidine rings is 1. The summed E-state index contributed by atoms with van der Waals surface area (Å²) in [6, 6.07) is 6.40. The van der Waals surface area contributed by atoms with Crippen LogP contribution in [-0.4, -0.2) is 49.1 Å². The molecule has 0 bridgehead atoms. The highest BCUT2D eigenvalue weighted by atomic mass is 32.2. The van der Waals surface area contributed by atoms with Crippen molar-refractivity contribution >= 4 is 27.6 Å². The van der Waals surface area contributed by atoms with Crippen molar-refractivity contribution in [1.29, 1.82) is 0 Å². The lowest BCUT2D eigenvalue weighted by molar-refractivity contribution is -0.143. The summed E-state index contributed by atoms with van der Waals surface area (Å²) < 4.78 is 26.4. The first-order valence-corrected chi connectivity index (χ1v) is 9.61. The number of hydrogen-bond acceptors (Lipinski definition) is 4. The lowest BCUT2D eigenvalue weighted by Gasteiger charge is -2.31. The van der Waals surface area contributed by atoms with Crippen LogP contribution in [0.25, 0.3) is 0 Å². The van der Waals surface area contributed by atoms with Crippen LogP contribution in [-0.2, 0) is 14.8 Å². The fourth-order valence-electron chi connectivity index (χ4n) is 2.78. The molecule has 7 nitrogen and oxygen atoms in total. The topological polar surface area (TPSA) is 104 Å². The number of benzene rings is 1. The average Bonchev–Trinajstić information content (AvgIpc) is 2.54. The molecule has 0 saturated carbocycles. The van der Waals surface area contributed by atoms with Crippen molar-refractivity contribution in [3.8, 4) is 0 Å². The molecule has 1 aliphatic heterocycles. The van der Waals surface area contributed by atoms with Gasteiger partial charge in [0.1, 0.15) is 0 Å². The summed E-state index contributed by atoms with van der Waals surface area (Å²) >= 11 is 0. The summed E-state index contributed by atoms with van der Waals surface area (Å²) in [6.07, 6.45) is 1.63. The number of likely N-dealkylation sites (tertiary alicyclic amines) is 1. The molecule has 1 aromatic carbocycles. The van der Waals surface area contributed by atoms with Crippen LogP contribution in [0.5, 0.6) is 0 Å². The number of rotatable bonds is 6. The predicted molar refractivity (Wildman–Crippen MR) is 90.4 cm³/mol. The van der Waals surface area contributed by atoms with Crippen LogP contribution in [0.15, 0.2) is 24.3 Å². The molecule has 1 heterocycles. The zero-order valence-electron chi connectivity index (χ0n) is 13.6. The smallest absolute Gasteiger partial charge is 0.308 e. The molecule has 0 spiro atoms. The van der Waals surface area contributed by atoms with E-state index < -0.39 is 21.9 Å². The van der Waals surface area contributed by atoms with E-state index in [1.807, 2.05) is 0 Å². The van der Waals surface area contributed by atoms with Crippen LogP contribution in [0.4, 0.5) is 5.69 Å². The van der Waals surface area contributed by atoms with E-state index in [2.05, 4.69) is 4.72 Å². The Hall–Kier alpha value is -2.09. The minimum atomic E-state index is -3.51. The largest absolute Gasteiger partial charge is 0.481 e. The van der Waals surface area contributed by atoms with E-state index in [9.17, 15) is 18.0 Å². The van der Waals surface area contributed by atoms with Gasteiger partial charge in [0.2, 0.25) is 10.0 Å².